The standard InChI is InChI=1S/C25H41NO7Si2/c1-23(2,35(6,7)30)13-18-20(33-34(3,4)5)24(21-22(32-21)25(18,29)16-27)14-19(28)26(24)31-15-17-11-9-8-10-12-17/h8-12,18,20-22,27,29-30H,13-16H2,1-7H3/t18-,20+,21+,22-,24-,25+/m0/s1. The number of hydrogen-bond donors (Lipinski definition) is 3. The lowest BCUT2D eigenvalue weighted by atomic mass is 9.59. The molecule has 8 nitrogen and oxygen atoms in total. The summed E-state index contributed by atoms with van der Waals surface area (Å²) in [6.07, 6.45) is -1.12. The van der Waals surface area contributed by atoms with Gasteiger partial charge in [-0.15, -0.1) is 0 Å². The van der Waals surface area contributed by atoms with Crippen molar-refractivity contribution in [2.75, 3.05) is 6.61 Å². The zero-order valence-electron chi connectivity index (χ0n) is 21.9. The molecule has 3 N–H and O–H groups in total. The van der Waals surface area contributed by atoms with E-state index < -0.39 is 63.6 Å². The molecule has 3 fully saturated rings. The number of carbonyl (C=O) groups excluding carboxylic acids is 1. The van der Waals surface area contributed by atoms with Crippen LogP contribution in [0, 0.1) is 5.92 Å². The Morgan fingerprint density at radius 1 is 1.14 bits per heavy atom. The predicted octanol–water partition coefficient (Wildman–Crippen LogP) is 2.80. The van der Waals surface area contributed by atoms with Crippen molar-refractivity contribution in [3.05, 3.63) is 35.9 Å². The van der Waals surface area contributed by atoms with E-state index in [-0.39, 0.29) is 18.9 Å². The van der Waals surface area contributed by atoms with Crippen LogP contribution in [-0.4, -0.2) is 78.7 Å². The number of nitrogens with zero attached hydrogens (tertiary/aromatic N) is 1. The molecule has 1 spiro atoms. The van der Waals surface area contributed by atoms with Crippen molar-refractivity contribution in [1.82, 2.24) is 5.06 Å². The van der Waals surface area contributed by atoms with E-state index in [4.69, 9.17) is 14.0 Å². The van der Waals surface area contributed by atoms with E-state index in [2.05, 4.69) is 19.6 Å². The number of fused-ring (bicyclic) bond motifs is 2. The second-order valence-electron chi connectivity index (χ2n) is 12.6. The summed E-state index contributed by atoms with van der Waals surface area (Å²) in [5.41, 5.74) is -1.49. The Kier molecular flexibility index (Phi) is 6.72. The van der Waals surface area contributed by atoms with Crippen LogP contribution in [-0.2, 0) is 25.4 Å². The fraction of sp³-hybridized carbons (Fsp3) is 0.720. The number of β-lactam (4-membered cyclic amide) rings is 1. The molecule has 0 unspecified atom stereocenters. The van der Waals surface area contributed by atoms with E-state index in [0.717, 1.165) is 5.56 Å². The zero-order chi connectivity index (χ0) is 26.0. The van der Waals surface area contributed by atoms with Gasteiger partial charge in [-0.2, -0.15) is 0 Å². The normalized spacial score (nSPS) is 35.1. The highest BCUT2D eigenvalue weighted by Crippen LogP contribution is 2.62. The van der Waals surface area contributed by atoms with Gasteiger partial charge in [0.15, 0.2) is 16.6 Å². The number of carbonyl (C=O) groups is 1. The van der Waals surface area contributed by atoms with Gasteiger partial charge in [0.05, 0.1) is 19.1 Å². The van der Waals surface area contributed by atoms with Crippen molar-refractivity contribution in [3.8, 4) is 0 Å². The van der Waals surface area contributed by atoms with E-state index in [0.29, 0.717) is 6.42 Å². The molecule has 1 aromatic carbocycles. The summed E-state index contributed by atoms with van der Waals surface area (Å²) in [6.45, 7) is 13.7. The van der Waals surface area contributed by atoms with E-state index >= 15 is 0 Å². The first-order valence-corrected chi connectivity index (χ1v) is 18.8. The lowest BCUT2D eigenvalue weighted by Gasteiger charge is -2.61. The van der Waals surface area contributed by atoms with Gasteiger partial charge in [0.1, 0.15) is 30.0 Å². The molecule has 196 valence electrons. The van der Waals surface area contributed by atoms with E-state index in [1.54, 1.807) is 0 Å². The molecule has 0 bridgehead atoms. The van der Waals surface area contributed by atoms with Crippen LogP contribution in [0.25, 0.3) is 0 Å². The Labute approximate surface area is 210 Å². The fourth-order valence-corrected chi connectivity index (χ4v) is 7.43. The minimum Gasteiger partial charge on any atom is -0.432 e. The maximum absolute atomic E-state index is 12.9. The number of amides is 1. The molecule has 1 saturated carbocycles. The van der Waals surface area contributed by atoms with Crippen LogP contribution in [0.4, 0.5) is 0 Å². The van der Waals surface area contributed by atoms with E-state index in [9.17, 15) is 19.8 Å². The third kappa shape index (κ3) is 4.57. The van der Waals surface area contributed by atoms with Crippen molar-refractivity contribution in [2.24, 2.45) is 5.92 Å². The second kappa shape index (κ2) is 8.73. The summed E-state index contributed by atoms with van der Waals surface area (Å²) >= 11 is 0. The number of ether oxygens (including phenoxy) is 1. The molecule has 1 amide bonds. The number of rotatable bonds is 9. The number of aliphatic hydroxyl groups excluding tert-OH is 1. The largest absolute Gasteiger partial charge is 0.432 e. The number of hydrogen-bond acceptors (Lipinski definition) is 7. The Hall–Kier alpha value is -1.12. The molecule has 0 aromatic heterocycles. The number of epoxide rings is 1. The van der Waals surface area contributed by atoms with Gasteiger partial charge in [-0.3, -0.25) is 9.63 Å². The second-order valence-corrected chi connectivity index (χ2v) is 21.6. The third-order valence-corrected chi connectivity index (χ3v) is 12.8. The van der Waals surface area contributed by atoms with Gasteiger partial charge in [0, 0.05) is 5.92 Å². The van der Waals surface area contributed by atoms with Gasteiger partial charge < -0.3 is 24.2 Å². The summed E-state index contributed by atoms with van der Waals surface area (Å²) in [5.74, 6) is -0.712. The highest BCUT2D eigenvalue weighted by atomic mass is 28.4. The smallest absolute Gasteiger partial charge is 0.249 e. The maximum atomic E-state index is 12.9. The summed E-state index contributed by atoms with van der Waals surface area (Å²) in [5, 5.41) is 23.2. The van der Waals surface area contributed by atoms with Crippen LogP contribution in [0.3, 0.4) is 0 Å². The Morgan fingerprint density at radius 3 is 2.29 bits per heavy atom. The molecule has 4 rings (SSSR count). The molecule has 2 aliphatic heterocycles. The van der Waals surface area contributed by atoms with Crippen molar-refractivity contribution >= 4 is 22.5 Å². The fourth-order valence-electron chi connectivity index (χ4n) is 5.58. The number of aliphatic hydroxyl groups is 2. The molecule has 3 aliphatic rings. The van der Waals surface area contributed by atoms with Crippen LogP contribution >= 0.6 is 0 Å². The van der Waals surface area contributed by atoms with Crippen molar-refractivity contribution < 1.29 is 33.8 Å². The molecule has 1 aromatic rings. The van der Waals surface area contributed by atoms with Crippen molar-refractivity contribution in [1.29, 1.82) is 0 Å². The maximum Gasteiger partial charge on any atom is 0.249 e. The summed E-state index contributed by atoms with van der Waals surface area (Å²) < 4.78 is 12.8. The van der Waals surface area contributed by atoms with Crippen LogP contribution in [0.1, 0.15) is 32.3 Å². The lowest BCUT2D eigenvalue weighted by Crippen LogP contribution is -2.79. The number of benzene rings is 1. The number of hydroxylamine groups is 2. The first-order chi connectivity index (χ1) is 16.1. The topological polar surface area (TPSA) is 112 Å². The summed E-state index contributed by atoms with van der Waals surface area (Å²) in [7, 11) is -4.86. The van der Waals surface area contributed by atoms with Crippen molar-refractivity contribution in [3.63, 3.8) is 0 Å². The summed E-state index contributed by atoms with van der Waals surface area (Å²) in [6, 6.07) is 9.64. The Morgan fingerprint density at radius 2 is 1.77 bits per heavy atom. The minimum atomic E-state index is -2.66. The Balaban J connectivity index is 1.74. The molecule has 0 radical (unpaired) electrons. The highest BCUT2D eigenvalue weighted by molar-refractivity contribution is 6.72. The average molecular weight is 524 g/mol. The quantitative estimate of drug-likeness (QED) is 0.259. The SMILES string of the molecule is CC(C)(C[C@H]1[C@@H](O[Si](C)(C)C)[C@@]2(CC(=O)N2OCc2ccccc2)[C@@H]2O[C@@H]2[C@@]1(O)CO)[Si](C)(C)O. The van der Waals surface area contributed by atoms with Gasteiger partial charge in [-0.05, 0) is 49.8 Å². The van der Waals surface area contributed by atoms with Gasteiger partial charge >= 0.3 is 0 Å². The third-order valence-electron chi connectivity index (χ3n) is 8.34. The van der Waals surface area contributed by atoms with Crippen LogP contribution in [0.2, 0.25) is 37.8 Å². The molecule has 1 aliphatic carbocycles. The molecule has 2 heterocycles. The molecule has 10 heteroatoms. The highest BCUT2D eigenvalue weighted by Gasteiger charge is 2.80. The average Bonchev–Trinajstić information content (AvgIpc) is 3.54. The van der Waals surface area contributed by atoms with Gasteiger partial charge in [0.25, 0.3) is 0 Å². The lowest BCUT2D eigenvalue weighted by molar-refractivity contribution is -0.300. The molecular formula is C25H41NO7Si2. The molecular weight excluding hydrogens is 482 g/mol. The molecule has 6 atom stereocenters. The van der Waals surface area contributed by atoms with Crippen LogP contribution in [0.15, 0.2) is 30.3 Å². The minimum absolute atomic E-state index is 0.149. The van der Waals surface area contributed by atoms with Gasteiger partial charge in [0.2, 0.25) is 5.91 Å². The Bertz CT molecular complexity index is 947. The summed E-state index contributed by atoms with van der Waals surface area (Å²) in [4.78, 5) is 30.1. The zero-order valence-corrected chi connectivity index (χ0v) is 23.9. The first-order valence-electron chi connectivity index (χ1n) is 12.5. The monoisotopic (exact) mass is 523 g/mol. The van der Waals surface area contributed by atoms with E-state index in [1.807, 2.05) is 57.3 Å². The van der Waals surface area contributed by atoms with Crippen molar-refractivity contribution in [2.45, 2.75) is 101 Å². The first kappa shape index (κ1) is 26.9. The van der Waals surface area contributed by atoms with Gasteiger partial charge in [-0.1, -0.05) is 44.2 Å². The van der Waals surface area contributed by atoms with Crippen LogP contribution in [0.5, 0.6) is 0 Å². The predicted molar refractivity (Wildman–Crippen MR) is 136 cm³/mol. The molecule has 2 saturated heterocycles. The van der Waals surface area contributed by atoms with E-state index in [1.165, 1.54) is 5.06 Å². The van der Waals surface area contributed by atoms with Crippen LogP contribution < -0.4 is 0 Å². The molecule has 35 heavy (non-hydrogen) atoms. The van der Waals surface area contributed by atoms with Gasteiger partial charge in [-0.25, -0.2) is 5.06 Å².